The highest BCUT2D eigenvalue weighted by molar-refractivity contribution is 7.92. The molecule has 0 amide bonds. The maximum atomic E-state index is 12.0. The molecule has 0 saturated carbocycles. The number of fused-ring (bicyclic) bond motifs is 1. The van der Waals surface area contributed by atoms with Crippen LogP contribution in [0.4, 0.5) is 5.69 Å². The van der Waals surface area contributed by atoms with Crippen molar-refractivity contribution in [2.75, 3.05) is 17.1 Å². The van der Waals surface area contributed by atoms with E-state index in [4.69, 9.17) is 5.73 Å². The van der Waals surface area contributed by atoms with Crippen LogP contribution in [0.2, 0.25) is 0 Å². The summed E-state index contributed by atoms with van der Waals surface area (Å²) >= 11 is 0. The van der Waals surface area contributed by atoms with Gasteiger partial charge in [-0.15, -0.1) is 0 Å². The second-order valence-corrected chi connectivity index (χ2v) is 7.13. The number of carbonyl (C=O) groups is 1. The number of carbonyl (C=O) groups excluding carboxylic acids is 1. The van der Waals surface area contributed by atoms with E-state index in [1.807, 2.05) is 13.0 Å². The first-order chi connectivity index (χ1) is 9.34. The van der Waals surface area contributed by atoms with E-state index in [1.54, 1.807) is 12.1 Å². The van der Waals surface area contributed by atoms with Crippen LogP contribution >= 0.6 is 0 Å². The van der Waals surface area contributed by atoms with Gasteiger partial charge >= 0.3 is 0 Å². The number of Topliss-reactive ketones (excluding diaryl/α,β-unsaturated/α-hetero) is 1. The number of benzene rings is 1. The smallest absolute Gasteiger partial charge is 0.232 e. The molecule has 1 aliphatic rings. The van der Waals surface area contributed by atoms with Gasteiger partial charge in [0.25, 0.3) is 0 Å². The van der Waals surface area contributed by atoms with E-state index in [0.29, 0.717) is 37.1 Å². The van der Waals surface area contributed by atoms with Crippen molar-refractivity contribution in [3.05, 3.63) is 29.3 Å². The zero-order valence-electron chi connectivity index (χ0n) is 11.8. The summed E-state index contributed by atoms with van der Waals surface area (Å²) in [5.41, 5.74) is 7.65. The zero-order valence-corrected chi connectivity index (χ0v) is 12.6. The van der Waals surface area contributed by atoms with Gasteiger partial charge in [-0.25, -0.2) is 8.42 Å². The van der Waals surface area contributed by atoms with E-state index in [1.165, 1.54) is 10.6 Å². The van der Waals surface area contributed by atoms with Crippen molar-refractivity contribution in [1.82, 2.24) is 0 Å². The number of hydrogen-bond donors (Lipinski definition) is 1. The van der Waals surface area contributed by atoms with Crippen molar-refractivity contribution < 1.29 is 13.2 Å². The lowest BCUT2D eigenvalue weighted by Gasteiger charge is -2.21. The van der Waals surface area contributed by atoms with Crippen molar-refractivity contribution in [3.8, 4) is 0 Å². The lowest BCUT2D eigenvalue weighted by molar-refractivity contribution is 0.0980. The SMILES string of the molecule is CC1Cc2cc(C(=O)CCCN)ccc2N1S(C)(=O)=O. The van der Waals surface area contributed by atoms with Gasteiger partial charge in [-0.05, 0) is 50.1 Å². The summed E-state index contributed by atoms with van der Waals surface area (Å²) in [5, 5.41) is 0. The lowest BCUT2D eigenvalue weighted by Crippen LogP contribution is -2.34. The average molecular weight is 296 g/mol. The number of nitrogens with two attached hydrogens (primary N) is 1. The first-order valence-electron chi connectivity index (χ1n) is 6.70. The molecule has 2 N–H and O–H groups in total. The molecule has 5 nitrogen and oxygen atoms in total. The molecular formula is C14H20N2O3S. The van der Waals surface area contributed by atoms with Gasteiger partial charge < -0.3 is 5.73 Å². The highest BCUT2D eigenvalue weighted by Crippen LogP contribution is 2.34. The maximum Gasteiger partial charge on any atom is 0.232 e. The molecule has 0 saturated heterocycles. The van der Waals surface area contributed by atoms with E-state index in [2.05, 4.69) is 0 Å². The standard InChI is InChI=1S/C14H20N2O3S/c1-10-8-12-9-11(14(17)4-3-7-15)5-6-13(12)16(10)20(2,18)19/h5-6,9-10H,3-4,7-8,15H2,1-2H3. The van der Waals surface area contributed by atoms with E-state index >= 15 is 0 Å². The minimum Gasteiger partial charge on any atom is -0.330 e. The topological polar surface area (TPSA) is 80.5 Å². The summed E-state index contributed by atoms with van der Waals surface area (Å²) in [4.78, 5) is 12.0. The van der Waals surface area contributed by atoms with Crippen molar-refractivity contribution >= 4 is 21.5 Å². The van der Waals surface area contributed by atoms with Gasteiger partial charge in [0.2, 0.25) is 10.0 Å². The second-order valence-electron chi connectivity index (χ2n) is 5.27. The molecule has 0 bridgehead atoms. The molecule has 0 radical (unpaired) electrons. The Morgan fingerprint density at radius 1 is 1.45 bits per heavy atom. The Morgan fingerprint density at radius 2 is 2.15 bits per heavy atom. The third-order valence-corrected chi connectivity index (χ3v) is 4.79. The second kappa shape index (κ2) is 5.54. The van der Waals surface area contributed by atoms with Gasteiger partial charge in [0, 0.05) is 18.0 Å². The Balaban J connectivity index is 2.31. The zero-order chi connectivity index (χ0) is 14.9. The monoisotopic (exact) mass is 296 g/mol. The molecule has 0 fully saturated rings. The first kappa shape index (κ1) is 15.0. The van der Waals surface area contributed by atoms with Crippen LogP contribution in [0, 0.1) is 0 Å². The summed E-state index contributed by atoms with van der Waals surface area (Å²) in [6.07, 6.45) is 2.95. The minimum absolute atomic E-state index is 0.0590. The van der Waals surface area contributed by atoms with Gasteiger partial charge in [0.15, 0.2) is 5.78 Å². The van der Waals surface area contributed by atoms with E-state index in [9.17, 15) is 13.2 Å². The molecule has 0 aliphatic carbocycles. The van der Waals surface area contributed by atoms with Crippen molar-refractivity contribution in [1.29, 1.82) is 0 Å². The van der Waals surface area contributed by atoms with Crippen LogP contribution in [0.5, 0.6) is 0 Å². The van der Waals surface area contributed by atoms with Crippen LogP contribution in [-0.2, 0) is 16.4 Å². The largest absolute Gasteiger partial charge is 0.330 e. The first-order valence-corrected chi connectivity index (χ1v) is 8.55. The van der Waals surface area contributed by atoms with Crippen LogP contribution in [-0.4, -0.2) is 33.0 Å². The quantitative estimate of drug-likeness (QED) is 0.831. The third-order valence-electron chi connectivity index (χ3n) is 3.52. The van der Waals surface area contributed by atoms with Crippen molar-refractivity contribution in [3.63, 3.8) is 0 Å². The molecule has 2 rings (SSSR count). The average Bonchev–Trinajstić information content (AvgIpc) is 2.70. The Bertz CT molecular complexity index is 625. The van der Waals surface area contributed by atoms with Crippen molar-refractivity contribution in [2.24, 2.45) is 5.73 Å². The van der Waals surface area contributed by atoms with E-state index < -0.39 is 10.0 Å². The molecule has 20 heavy (non-hydrogen) atoms. The summed E-state index contributed by atoms with van der Waals surface area (Å²) < 4.78 is 25.1. The predicted octanol–water partition coefficient (Wildman–Crippen LogP) is 1.32. The molecule has 1 aliphatic heterocycles. The predicted molar refractivity (Wildman–Crippen MR) is 79.5 cm³/mol. The normalized spacial score (nSPS) is 18.1. The summed E-state index contributed by atoms with van der Waals surface area (Å²) in [5.74, 6) is 0.0590. The summed E-state index contributed by atoms with van der Waals surface area (Å²) in [6, 6.07) is 5.15. The maximum absolute atomic E-state index is 12.0. The van der Waals surface area contributed by atoms with Crippen LogP contribution in [0.3, 0.4) is 0 Å². The van der Waals surface area contributed by atoms with Gasteiger partial charge in [-0.1, -0.05) is 0 Å². The van der Waals surface area contributed by atoms with Gasteiger partial charge in [0.1, 0.15) is 0 Å². The fourth-order valence-corrected chi connectivity index (χ4v) is 3.95. The number of anilines is 1. The molecule has 1 heterocycles. The fraction of sp³-hybridized carbons (Fsp3) is 0.500. The van der Waals surface area contributed by atoms with E-state index in [-0.39, 0.29) is 11.8 Å². The van der Waals surface area contributed by atoms with E-state index in [0.717, 1.165) is 5.56 Å². The lowest BCUT2D eigenvalue weighted by atomic mass is 10.0. The third kappa shape index (κ3) is 2.86. The molecule has 6 heteroatoms. The Morgan fingerprint density at radius 3 is 2.75 bits per heavy atom. The number of sulfonamides is 1. The molecule has 1 aromatic rings. The number of hydrogen-bond acceptors (Lipinski definition) is 4. The molecule has 1 unspecified atom stereocenters. The number of ketones is 1. The molecular weight excluding hydrogens is 276 g/mol. The van der Waals surface area contributed by atoms with Gasteiger partial charge in [0.05, 0.1) is 11.9 Å². The minimum atomic E-state index is -3.28. The van der Waals surface area contributed by atoms with Gasteiger partial charge in [-0.2, -0.15) is 0 Å². The van der Waals surface area contributed by atoms with Crippen molar-refractivity contribution in [2.45, 2.75) is 32.2 Å². The van der Waals surface area contributed by atoms with Gasteiger partial charge in [-0.3, -0.25) is 9.10 Å². The molecule has 1 atom stereocenters. The Labute approximate surface area is 119 Å². The number of rotatable bonds is 5. The molecule has 0 spiro atoms. The fourth-order valence-electron chi connectivity index (χ4n) is 2.69. The summed E-state index contributed by atoms with van der Waals surface area (Å²) in [7, 11) is -3.28. The molecule has 0 aromatic heterocycles. The molecule has 110 valence electrons. The highest BCUT2D eigenvalue weighted by Gasteiger charge is 2.32. The number of nitrogens with zero attached hydrogens (tertiary/aromatic N) is 1. The molecule has 1 aromatic carbocycles. The van der Waals surface area contributed by atoms with Crippen LogP contribution in [0.25, 0.3) is 0 Å². The highest BCUT2D eigenvalue weighted by atomic mass is 32.2. The van der Waals surface area contributed by atoms with Crippen LogP contribution in [0.1, 0.15) is 35.7 Å². The summed E-state index contributed by atoms with van der Waals surface area (Å²) in [6.45, 7) is 2.37. The van der Waals surface area contributed by atoms with Crippen LogP contribution < -0.4 is 10.0 Å². The Hall–Kier alpha value is -1.40. The Kier molecular flexibility index (Phi) is 4.15. The van der Waals surface area contributed by atoms with Crippen LogP contribution in [0.15, 0.2) is 18.2 Å².